The topological polar surface area (TPSA) is 34.1 Å². The molecule has 2 nitrogen and oxygen atoms in total. The number of carbonyl (C=O) groups is 2. The van der Waals surface area contributed by atoms with Crippen LogP contribution in [0.3, 0.4) is 0 Å². The molecule has 4 saturated carbocycles. The van der Waals surface area contributed by atoms with E-state index in [9.17, 15) is 14.0 Å². The second-order valence-corrected chi connectivity index (χ2v) is 9.06. The Kier molecular flexibility index (Phi) is 3.22. The molecule has 4 unspecified atom stereocenters. The van der Waals surface area contributed by atoms with Crippen molar-refractivity contribution < 1.29 is 14.0 Å². The van der Waals surface area contributed by atoms with Crippen LogP contribution in [0.4, 0.5) is 4.39 Å². The third-order valence-corrected chi connectivity index (χ3v) is 8.10. The smallest absolute Gasteiger partial charge is 0.142 e. The average Bonchev–Trinajstić information content (AvgIpc) is 2.71. The van der Waals surface area contributed by atoms with Crippen LogP contribution in [0.2, 0.25) is 0 Å². The highest BCUT2D eigenvalue weighted by molar-refractivity contribution is 5.88. The van der Waals surface area contributed by atoms with Crippen molar-refractivity contribution in [2.75, 3.05) is 0 Å². The van der Waals surface area contributed by atoms with Gasteiger partial charge in [0.2, 0.25) is 0 Å². The normalized spacial score (nSPS) is 52.8. The molecular weight excluding hydrogens is 291 g/mol. The monoisotopic (exact) mass is 318 g/mol. The fourth-order valence-electron chi connectivity index (χ4n) is 6.82. The third-order valence-electron chi connectivity index (χ3n) is 8.10. The largest absolute Gasteiger partial charge is 0.300 e. The zero-order valence-electron chi connectivity index (χ0n) is 14.2. The van der Waals surface area contributed by atoms with E-state index in [0.29, 0.717) is 24.5 Å². The van der Waals surface area contributed by atoms with Gasteiger partial charge in [-0.1, -0.05) is 26.0 Å². The molecule has 0 spiro atoms. The summed E-state index contributed by atoms with van der Waals surface area (Å²) in [5.74, 6) is 1.29. The quantitative estimate of drug-likeness (QED) is 0.625. The van der Waals surface area contributed by atoms with Crippen LogP contribution in [0.1, 0.15) is 58.8 Å². The second kappa shape index (κ2) is 4.77. The highest BCUT2D eigenvalue weighted by Crippen LogP contribution is 2.66. The Balaban J connectivity index is 1.73. The molecule has 0 heterocycles. The van der Waals surface area contributed by atoms with Gasteiger partial charge in [0.15, 0.2) is 0 Å². The molecule has 4 aliphatic rings. The first kappa shape index (κ1) is 15.5. The summed E-state index contributed by atoms with van der Waals surface area (Å²) in [6.07, 6.45) is 3.94. The van der Waals surface area contributed by atoms with Crippen molar-refractivity contribution in [1.29, 1.82) is 0 Å². The minimum absolute atomic E-state index is 0.0700. The van der Waals surface area contributed by atoms with Gasteiger partial charge in [-0.3, -0.25) is 9.59 Å². The number of Topliss-reactive ketones (excluding diaryl/α,β-unsaturated/α-hetero) is 2. The van der Waals surface area contributed by atoms with Crippen LogP contribution < -0.4 is 0 Å². The van der Waals surface area contributed by atoms with Gasteiger partial charge in [-0.05, 0) is 48.9 Å². The summed E-state index contributed by atoms with van der Waals surface area (Å²) in [7, 11) is 0. The Morgan fingerprint density at radius 1 is 1.13 bits per heavy atom. The van der Waals surface area contributed by atoms with Gasteiger partial charge in [0.05, 0.1) is 0 Å². The molecule has 0 radical (unpaired) electrons. The molecule has 0 aromatic heterocycles. The number of halogens is 1. The number of rotatable bonds is 0. The van der Waals surface area contributed by atoms with E-state index in [4.69, 9.17) is 0 Å². The summed E-state index contributed by atoms with van der Waals surface area (Å²) in [6.45, 7) is 8.59. The van der Waals surface area contributed by atoms with Crippen molar-refractivity contribution >= 4 is 11.6 Å². The number of alkyl halides is 1. The molecular formula is C20H27FO2. The zero-order chi connectivity index (χ0) is 16.6. The summed E-state index contributed by atoms with van der Waals surface area (Å²) >= 11 is 0. The van der Waals surface area contributed by atoms with Crippen molar-refractivity contribution in [2.24, 2.45) is 34.5 Å². The highest BCUT2D eigenvalue weighted by atomic mass is 19.1. The van der Waals surface area contributed by atoms with Crippen molar-refractivity contribution in [3.05, 3.63) is 12.2 Å². The van der Waals surface area contributed by atoms with E-state index in [1.807, 2.05) is 6.92 Å². The molecule has 0 amide bonds. The first-order valence-electron chi connectivity index (χ1n) is 9.14. The molecule has 0 aromatic rings. The number of allylic oxidation sites excluding steroid dienone is 1. The van der Waals surface area contributed by atoms with Gasteiger partial charge in [-0.15, -0.1) is 0 Å². The second-order valence-electron chi connectivity index (χ2n) is 9.06. The van der Waals surface area contributed by atoms with E-state index in [2.05, 4.69) is 13.5 Å². The van der Waals surface area contributed by atoms with Crippen molar-refractivity contribution in [2.45, 2.75) is 65.0 Å². The summed E-state index contributed by atoms with van der Waals surface area (Å²) < 4.78 is 14.8. The highest BCUT2D eigenvalue weighted by Gasteiger charge is 2.63. The van der Waals surface area contributed by atoms with E-state index >= 15 is 0 Å². The minimum atomic E-state index is -0.988. The van der Waals surface area contributed by atoms with Crippen LogP contribution in [0.15, 0.2) is 12.2 Å². The molecule has 23 heavy (non-hydrogen) atoms. The Bertz CT molecular complexity index is 596. The summed E-state index contributed by atoms with van der Waals surface area (Å²) in [6, 6.07) is 0. The SMILES string of the molecule is C=C1CC2C3C(F)CC(=O)[C@@]3(C)CCC2[C@@]2(C)CCC(=O)C[C@H]12. The lowest BCUT2D eigenvalue weighted by Gasteiger charge is -2.60. The number of ketones is 2. The lowest BCUT2D eigenvalue weighted by atomic mass is 9.44. The van der Waals surface area contributed by atoms with Crippen LogP contribution in [-0.4, -0.2) is 17.7 Å². The van der Waals surface area contributed by atoms with Crippen LogP contribution >= 0.6 is 0 Å². The van der Waals surface area contributed by atoms with Gasteiger partial charge in [-0.2, -0.15) is 0 Å². The van der Waals surface area contributed by atoms with Crippen LogP contribution in [0.25, 0.3) is 0 Å². The molecule has 126 valence electrons. The van der Waals surface area contributed by atoms with Gasteiger partial charge >= 0.3 is 0 Å². The number of fused-ring (bicyclic) bond motifs is 5. The standard InChI is InChI=1S/C20H27FO2/c1-11-8-13-14(19(2)6-4-12(22)9-15(11)19)5-7-20(3)17(23)10-16(21)18(13)20/h13-16,18H,1,4-10H2,2-3H3/t13?,14?,15-,16?,18?,19-,20-/m1/s1. The zero-order valence-corrected chi connectivity index (χ0v) is 14.2. The van der Waals surface area contributed by atoms with Crippen LogP contribution in [0.5, 0.6) is 0 Å². The number of hydrogen-bond acceptors (Lipinski definition) is 2. The van der Waals surface area contributed by atoms with Crippen LogP contribution in [-0.2, 0) is 9.59 Å². The molecule has 0 bridgehead atoms. The Labute approximate surface area is 137 Å². The maximum Gasteiger partial charge on any atom is 0.142 e. The number of carbonyl (C=O) groups excluding carboxylic acids is 2. The maximum absolute atomic E-state index is 14.8. The van der Waals surface area contributed by atoms with E-state index in [-0.39, 0.29) is 35.4 Å². The molecule has 0 N–H and O–H groups in total. The van der Waals surface area contributed by atoms with Gasteiger partial charge in [0.25, 0.3) is 0 Å². The molecule has 0 aliphatic heterocycles. The predicted octanol–water partition coefficient (Wildman–Crippen LogP) is 4.28. The Morgan fingerprint density at radius 2 is 1.87 bits per heavy atom. The molecule has 3 heteroatoms. The van der Waals surface area contributed by atoms with E-state index in [0.717, 1.165) is 31.3 Å². The first-order chi connectivity index (χ1) is 10.8. The average molecular weight is 318 g/mol. The summed E-state index contributed by atoms with van der Waals surface area (Å²) in [5, 5.41) is 0. The fraction of sp³-hybridized carbons (Fsp3) is 0.800. The van der Waals surface area contributed by atoms with Crippen molar-refractivity contribution in [1.82, 2.24) is 0 Å². The lowest BCUT2D eigenvalue weighted by Crippen LogP contribution is -2.55. The molecule has 0 aromatic carbocycles. The van der Waals surface area contributed by atoms with Gasteiger partial charge in [0, 0.05) is 30.6 Å². The van der Waals surface area contributed by atoms with Crippen molar-refractivity contribution in [3.63, 3.8) is 0 Å². The van der Waals surface area contributed by atoms with Crippen LogP contribution in [0, 0.1) is 34.5 Å². The van der Waals surface area contributed by atoms with Gasteiger partial charge < -0.3 is 0 Å². The number of hydrogen-bond donors (Lipinski definition) is 0. The van der Waals surface area contributed by atoms with E-state index in [1.165, 1.54) is 0 Å². The molecule has 7 atom stereocenters. The van der Waals surface area contributed by atoms with Crippen molar-refractivity contribution in [3.8, 4) is 0 Å². The summed E-state index contributed by atoms with van der Waals surface area (Å²) in [5.41, 5.74) is 0.743. The van der Waals surface area contributed by atoms with Gasteiger partial charge in [0.1, 0.15) is 17.7 Å². The lowest BCUT2D eigenvalue weighted by molar-refractivity contribution is -0.140. The predicted molar refractivity (Wildman–Crippen MR) is 86.5 cm³/mol. The molecule has 4 fully saturated rings. The molecule has 0 saturated heterocycles. The summed E-state index contributed by atoms with van der Waals surface area (Å²) in [4.78, 5) is 24.3. The first-order valence-corrected chi connectivity index (χ1v) is 9.14. The Morgan fingerprint density at radius 3 is 2.61 bits per heavy atom. The van der Waals surface area contributed by atoms with Gasteiger partial charge in [-0.25, -0.2) is 4.39 Å². The third kappa shape index (κ3) is 1.91. The van der Waals surface area contributed by atoms with E-state index in [1.54, 1.807) is 0 Å². The maximum atomic E-state index is 14.8. The molecule has 4 rings (SSSR count). The molecule has 4 aliphatic carbocycles. The van der Waals surface area contributed by atoms with E-state index < -0.39 is 11.6 Å². The minimum Gasteiger partial charge on any atom is -0.300 e. The Hall–Kier alpha value is -0.990. The fourth-order valence-corrected chi connectivity index (χ4v) is 6.82.